The number of carbonyl (C=O) groups excluding carboxylic acids is 1. The fraction of sp³-hybridized carbons (Fsp3) is 0.333. The van der Waals surface area contributed by atoms with Crippen molar-refractivity contribution in [1.82, 2.24) is 14.9 Å². The lowest BCUT2D eigenvalue weighted by Crippen LogP contribution is -2.33. The van der Waals surface area contributed by atoms with Crippen LogP contribution in [0.1, 0.15) is 35.5 Å². The number of amides is 1. The highest BCUT2D eigenvalue weighted by molar-refractivity contribution is 9.10. The minimum atomic E-state index is -0.410. The molecule has 182 valence electrons. The van der Waals surface area contributed by atoms with E-state index in [1.807, 2.05) is 13.8 Å². The second-order valence-electron chi connectivity index (χ2n) is 7.69. The Kier molecular flexibility index (Phi) is 8.89. The summed E-state index contributed by atoms with van der Waals surface area (Å²) in [6.45, 7) is 5.02. The Morgan fingerprint density at radius 3 is 2.74 bits per heavy atom. The van der Waals surface area contributed by atoms with Gasteiger partial charge in [0.2, 0.25) is 0 Å². The quantitative estimate of drug-likeness (QED) is 0.299. The van der Waals surface area contributed by atoms with E-state index in [2.05, 4.69) is 31.5 Å². The van der Waals surface area contributed by atoms with Crippen molar-refractivity contribution in [2.75, 3.05) is 25.0 Å². The van der Waals surface area contributed by atoms with Gasteiger partial charge in [-0.2, -0.15) is 4.98 Å². The summed E-state index contributed by atoms with van der Waals surface area (Å²) in [4.78, 5) is 17.5. The molecule has 10 heteroatoms. The summed E-state index contributed by atoms with van der Waals surface area (Å²) in [5.74, 6) is -0.168. The number of ether oxygens (including phenoxy) is 1. The van der Waals surface area contributed by atoms with Crippen LogP contribution in [0, 0.1) is 5.82 Å². The van der Waals surface area contributed by atoms with Crippen LogP contribution in [-0.2, 0) is 13.0 Å². The monoisotopic (exact) mass is 533 g/mol. The molecular weight excluding hydrogens is 505 g/mol. The Balaban J connectivity index is 1.89. The van der Waals surface area contributed by atoms with Crippen LogP contribution in [-0.4, -0.2) is 46.3 Å². The number of nitrogens with one attached hydrogen (secondary N) is 2. The number of hydrogen-bond donors (Lipinski definition) is 4. The molecule has 1 amide bonds. The molecule has 0 bridgehead atoms. The molecule has 5 N–H and O–H groups in total. The van der Waals surface area contributed by atoms with Crippen LogP contribution in [0.5, 0.6) is 11.8 Å². The topological polar surface area (TPSA) is 114 Å². The zero-order valence-corrected chi connectivity index (χ0v) is 20.7. The van der Waals surface area contributed by atoms with Gasteiger partial charge in [-0.3, -0.25) is 9.36 Å². The van der Waals surface area contributed by atoms with Gasteiger partial charge in [0.25, 0.3) is 11.9 Å². The van der Waals surface area contributed by atoms with Crippen LogP contribution in [0.3, 0.4) is 0 Å². The maximum absolute atomic E-state index is 14.0. The first-order valence-corrected chi connectivity index (χ1v) is 11.8. The number of phenolic OH excluding ortho intramolecular Hbond substituents is 1. The van der Waals surface area contributed by atoms with Crippen molar-refractivity contribution in [1.29, 1.82) is 0 Å². The fourth-order valence-corrected chi connectivity index (χ4v) is 3.92. The molecular formula is C24H29BrFN5O3. The standard InChI is InChI=1S/C24H29BrFN5O3/c1-3-28-23(33)21-22(29-13-17(27)12-16-7-5-6-8-19(16)26)30-24(34-4-2)31(21)14-15-9-10-20(32)18(25)11-15/h5-11,17,29,32H,3-4,12-14,27H2,1-2H3,(H,28,33)/t17-/m1/s1. The number of phenols is 1. The van der Waals surface area contributed by atoms with Crippen molar-refractivity contribution >= 4 is 27.7 Å². The second kappa shape index (κ2) is 11.8. The van der Waals surface area contributed by atoms with Gasteiger partial charge < -0.3 is 26.2 Å². The van der Waals surface area contributed by atoms with E-state index < -0.39 is 6.04 Å². The van der Waals surface area contributed by atoms with Crippen molar-refractivity contribution in [3.05, 3.63) is 69.6 Å². The van der Waals surface area contributed by atoms with Crippen LogP contribution in [0.4, 0.5) is 10.2 Å². The highest BCUT2D eigenvalue weighted by Crippen LogP contribution is 2.28. The lowest BCUT2D eigenvalue weighted by molar-refractivity contribution is 0.0946. The highest BCUT2D eigenvalue weighted by Gasteiger charge is 2.25. The molecule has 3 rings (SSSR count). The number of nitrogens with two attached hydrogens (primary N) is 1. The van der Waals surface area contributed by atoms with Crippen LogP contribution in [0.2, 0.25) is 0 Å². The van der Waals surface area contributed by atoms with E-state index >= 15 is 0 Å². The smallest absolute Gasteiger partial charge is 0.299 e. The molecule has 8 nitrogen and oxygen atoms in total. The molecule has 0 unspecified atom stereocenters. The maximum atomic E-state index is 14.0. The van der Waals surface area contributed by atoms with Crippen LogP contribution < -0.4 is 21.1 Å². The maximum Gasteiger partial charge on any atom is 0.299 e. The van der Waals surface area contributed by atoms with Crippen molar-refractivity contribution in [2.45, 2.75) is 32.9 Å². The number of hydrogen-bond acceptors (Lipinski definition) is 6. The number of carbonyl (C=O) groups is 1. The van der Waals surface area contributed by atoms with Crippen LogP contribution >= 0.6 is 15.9 Å². The number of imidazole rings is 1. The van der Waals surface area contributed by atoms with Crippen molar-refractivity contribution in [2.24, 2.45) is 5.73 Å². The molecule has 2 aromatic carbocycles. The number of nitrogens with zero attached hydrogens (tertiary/aromatic N) is 2. The Hall–Kier alpha value is -3.11. The normalized spacial score (nSPS) is 11.8. The van der Waals surface area contributed by atoms with Gasteiger partial charge in [-0.15, -0.1) is 0 Å². The highest BCUT2D eigenvalue weighted by atomic mass is 79.9. The third-order valence-electron chi connectivity index (χ3n) is 5.08. The number of benzene rings is 2. The minimum Gasteiger partial charge on any atom is -0.507 e. The number of aromatic hydroxyl groups is 1. The number of anilines is 1. The average molecular weight is 534 g/mol. The summed E-state index contributed by atoms with van der Waals surface area (Å²) in [6.07, 6.45) is 0.330. The van der Waals surface area contributed by atoms with Gasteiger partial charge in [-0.25, -0.2) is 4.39 Å². The van der Waals surface area contributed by atoms with E-state index in [-0.39, 0.29) is 36.6 Å². The first kappa shape index (κ1) is 25.5. The van der Waals surface area contributed by atoms with Crippen LogP contribution in [0.25, 0.3) is 0 Å². The van der Waals surface area contributed by atoms with E-state index in [1.54, 1.807) is 41.0 Å². The molecule has 0 radical (unpaired) electrons. The zero-order chi connectivity index (χ0) is 24.7. The second-order valence-corrected chi connectivity index (χ2v) is 8.55. The van der Waals surface area contributed by atoms with Gasteiger partial charge in [-0.1, -0.05) is 24.3 Å². The third-order valence-corrected chi connectivity index (χ3v) is 5.72. The van der Waals surface area contributed by atoms with E-state index in [0.717, 1.165) is 5.56 Å². The van der Waals surface area contributed by atoms with Crippen molar-refractivity contribution < 1.29 is 19.0 Å². The summed E-state index contributed by atoms with van der Waals surface area (Å²) in [6, 6.07) is 11.5. The molecule has 34 heavy (non-hydrogen) atoms. The first-order chi connectivity index (χ1) is 16.3. The summed E-state index contributed by atoms with van der Waals surface area (Å²) in [7, 11) is 0. The Morgan fingerprint density at radius 2 is 2.06 bits per heavy atom. The molecule has 0 aliphatic rings. The van der Waals surface area contributed by atoms with Crippen LogP contribution in [0.15, 0.2) is 46.9 Å². The number of rotatable bonds is 11. The molecule has 1 aromatic heterocycles. The summed E-state index contributed by atoms with van der Waals surface area (Å²) >= 11 is 3.32. The molecule has 1 atom stereocenters. The minimum absolute atomic E-state index is 0.120. The number of aromatic nitrogens is 2. The summed E-state index contributed by atoms with van der Waals surface area (Å²) in [5, 5.41) is 15.8. The molecule has 0 aliphatic carbocycles. The van der Waals surface area contributed by atoms with Crippen molar-refractivity contribution in [3.8, 4) is 11.8 Å². The lowest BCUT2D eigenvalue weighted by Gasteiger charge is -2.15. The Labute approximate surface area is 206 Å². The fourth-order valence-electron chi connectivity index (χ4n) is 3.49. The van der Waals surface area contributed by atoms with E-state index in [4.69, 9.17) is 10.5 Å². The molecule has 0 spiro atoms. The van der Waals surface area contributed by atoms with Gasteiger partial charge in [0, 0.05) is 19.1 Å². The Bertz CT molecular complexity index is 1140. The van der Waals surface area contributed by atoms with Crippen molar-refractivity contribution in [3.63, 3.8) is 0 Å². The first-order valence-electron chi connectivity index (χ1n) is 11.1. The molecule has 1 heterocycles. The summed E-state index contributed by atoms with van der Waals surface area (Å²) in [5.41, 5.74) is 7.90. The van der Waals surface area contributed by atoms with Gasteiger partial charge in [-0.05, 0) is 65.5 Å². The average Bonchev–Trinajstić information content (AvgIpc) is 3.14. The van der Waals surface area contributed by atoms with Gasteiger partial charge >= 0.3 is 0 Å². The molecule has 0 fully saturated rings. The van der Waals surface area contributed by atoms with Gasteiger partial charge in [0.15, 0.2) is 11.5 Å². The van der Waals surface area contributed by atoms with Gasteiger partial charge in [0.1, 0.15) is 11.6 Å². The van der Waals surface area contributed by atoms with E-state index in [1.165, 1.54) is 6.07 Å². The van der Waals surface area contributed by atoms with E-state index in [0.29, 0.717) is 41.1 Å². The molecule has 0 aliphatic heterocycles. The Morgan fingerprint density at radius 1 is 1.29 bits per heavy atom. The predicted octanol–water partition coefficient (Wildman–Crippen LogP) is 3.67. The lowest BCUT2D eigenvalue weighted by atomic mass is 10.1. The molecule has 0 saturated heterocycles. The third kappa shape index (κ3) is 6.27. The predicted molar refractivity (Wildman–Crippen MR) is 133 cm³/mol. The summed E-state index contributed by atoms with van der Waals surface area (Å²) < 4.78 is 21.9. The SMILES string of the molecule is CCNC(=O)c1c(NC[C@H](N)Cc2ccccc2F)nc(OCC)n1Cc1ccc(O)c(Br)c1. The van der Waals surface area contributed by atoms with Gasteiger partial charge in [0.05, 0.1) is 17.6 Å². The number of halogens is 2. The van der Waals surface area contributed by atoms with E-state index in [9.17, 15) is 14.3 Å². The molecule has 3 aromatic rings. The largest absolute Gasteiger partial charge is 0.507 e. The zero-order valence-electron chi connectivity index (χ0n) is 19.1. The molecule has 0 saturated carbocycles.